The van der Waals surface area contributed by atoms with Gasteiger partial charge in [-0.3, -0.25) is 9.69 Å². The number of benzene rings is 1. The van der Waals surface area contributed by atoms with Crippen LogP contribution in [0.5, 0.6) is 0 Å². The summed E-state index contributed by atoms with van der Waals surface area (Å²) in [4.78, 5) is 24.1. The predicted molar refractivity (Wildman–Crippen MR) is 122 cm³/mol. The Morgan fingerprint density at radius 3 is 2.43 bits per heavy atom. The molecule has 1 saturated heterocycles. The van der Waals surface area contributed by atoms with Crippen LogP contribution in [0.2, 0.25) is 0 Å². The van der Waals surface area contributed by atoms with Crippen molar-refractivity contribution in [2.45, 2.75) is 32.2 Å². The average molecular weight is 508 g/mol. The van der Waals surface area contributed by atoms with Gasteiger partial charge in [-0.15, -0.1) is 10.2 Å². The molecule has 35 heavy (non-hydrogen) atoms. The fourth-order valence-corrected chi connectivity index (χ4v) is 5.08. The minimum absolute atomic E-state index is 0.144. The minimum Gasteiger partial charge on any atom is -0.475 e. The lowest BCUT2D eigenvalue weighted by Gasteiger charge is -2.25. The number of fused-ring (bicyclic) bond motifs is 2. The van der Waals surface area contributed by atoms with Crippen molar-refractivity contribution in [3.8, 4) is 0 Å². The Hall–Kier alpha value is -3.25. The normalized spacial score (nSPS) is 19.3. The van der Waals surface area contributed by atoms with E-state index in [-0.39, 0.29) is 5.91 Å². The quantitative estimate of drug-likeness (QED) is 0.550. The highest BCUT2D eigenvalue weighted by molar-refractivity contribution is 7.07. The van der Waals surface area contributed by atoms with Crippen LogP contribution in [-0.2, 0) is 30.8 Å². The number of amides is 1. The number of nitrogens with one attached hydrogen (secondary N) is 1. The summed E-state index contributed by atoms with van der Waals surface area (Å²) in [5, 5.41) is 23.0. The Balaban J connectivity index is 0.000000364. The smallest absolute Gasteiger partial charge is 0.475 e. The molecule has 12 heteroatoms. The molecule has 0 unspecified atom stereocenters. The number of nitrogens with zero attached hydrogens (tertiary/aromatic N) is 4. The van der Waals surface area contributed by atoms with Gasteiger partial charge in [0.1, 0.15) is 5.82 Å². The number of thiophene rings is 1. The van der Waals surface area contributed by atoms with Gasteiger partial charge in [0, 0.05) is 39.1 Å². The molecule has 2 N–H and O–H groups in total. The number of alkyl halides is 3. The topological polar surface area (TPSA) is 100 Å². The van der Waals surface area contributed by atoms with Crippen molar-refractivity contribution in [2.24, 2.45) is 11.8 Å². The Morgan fingerprint density at radius 1 is 1.06 bits per heavy atom. The number of rotatable bonds is 5. The zero-order chi connectivity index (χ0) is 25.0. The summed E-state index contributed by atoms with van der Waals surface area (Å²) < 4.78 is 33.8. The highest BCUT2D eigenvalue weighted by Gasteiger charge is 2.39. The van der Waals surface area contributed by atoms with Crippen LogP contribution in [-0.4, -0.2) is 55.9 Å². The molecule has 2 aliphatic heterocycles. The van der Waals surface area contributed by atoms with E-state index in [0.29, 0.717) is 24.2 Å². The Kier molecular flexibility index (Phi) is 7.51. The number of hydrogen-bond donors (Lipinski definition) is 2. The van der Waals surface area contributed by atoms with Crippen LogP contribution >= 0.6 is 11.3 Å². The number of halogens is 3. The first-order valence-electron chi connectivity index (χ1n) is 11.0. The van der Waals surface area contributed by atoms with Crippen molar-refractivity contribution in [3.63, 3.8) is 0 Å². The Bertz CT molecular complexity index is 1150. The summed E-state index contributed by atoms with van der Waals surface area (Å²) in [5.74, 6) is -0.343. The molecule has 186 valence electrons. The molecule has 2 aromatic heterocycles. The Morgan fingerprint density at radius 2 is 1.77 bits per heavy atom. The molecule has 1 amide bonds. The van der Waals surface area contributed by atoms with Gasteiger partial charge < -0.3 is 15.0 Å². The zero-order valence-electron chi connectivity index (χ0n) is 18.6. The van der Waals surface area contributed by atoms with E-state index in [4.69, 9.17) is 9.90 Å². The summed E-state index contributed by atoms with van der Waals surface area (Å²) in [6.45, 7) is 4.52. The molecule has 0 spiro atoms. The third-order valence-corrected chi connectivity index (χ3v) is 6.80. The van der Waals surface area contributed by atoms with Crippen molar-refractivity contribution in [3.05, 3.63) is 69.9 Å². The standard InChI is InChI=1S/C21H23N5OS.C2HF3O2/c27-21(22-9-15-4-2-1-3-5-15)20-24-23-19-8-17-11-25(10-16-6-7-28-14-16)12-18(17)13-26(19)20;3-2(4,5)1(6)7/h1-7,14,17-18H,8-13H2,(H,22,27);(H,6,7)/t17-,18-;/m0./s1. The van der Waals surface area contributed by atoms with Gasteiger partial charge in [-0.1, -0.05) is 30.3 Å². The monoisotopic (exact) mass is 507 g/mol. The largest absolute Gasteiger partial charge is 0.490 e. The summed E-state index contributed by atoms with van der Waals surface area (Å²) in [6.07, 6.45) is -4.18. The number of aliphatic carboxylic acids is 1. The van der Waals surface area contributed by atoms with Gasteiger partial charge in [0.25, 0.3) is 5.91 Å². The molecular formula is C23H24F3N5O3S. The van der Waals surface area contributed by atoms with Crippen molar-refractivity contribution in [1.29, 1.82) is 0 Å². The van der Waals surface area contributed by atoms with E-state index < -0.39 is 12.1 Å². The van der Waals surface area contributed by atoms with Crippen LogP contribution in [0.25, 0.3) is 0 Å². The summed E-state index contributed by atoms with van der Waals surface area (Å²) in [5.41, 5.74) is 2.47. The molecule has 5 rings (SSSR count). The molecule has 0 saturated carbocycles. The lowest BCUT2D eigenvalue weighted by molar-refractivity contribution is -0.192. The first kappa shape index (κ1) is 24.9. The number of aromatic nitrogens is 3. The molecule has 2 aliphatic rings. The highest BCUT2D eigenvalue weighted by atomic mass is 32.1. The van der Waals surface area contributed by atoms with E-state index in [0.717, 1.165) is 44.0 Å². The molecule has 0 bridgehead atoms. The zero-order valence-corrected chi connectivity index (χ0v) is 19.4. The van der Waals surface area contributed by atoms with E-state index in [9.17, 15) is 18.0 Å². The number of likely N-dealkylation sites (tertiary alicyclic amines) is 1. The average Bonchev–Trinajstić information content (AvgIpc) is 3.56. The maximum absolute atomic E-state index is 12.7. The van der Waals surface area contributed by atoms with Gasteiger partial charge in [0.05, 0.1) is 0 Å². The van der Waals surface area contributed by atoms with Crippen LogP contribution in [0, 0.1) is 11.8 Å². The SMILES string of the molecule is O=C(NCc1ccccc1)c1nnc2n1C[C@@H]1CN(Cc3ccsc3)C[C@@H]1C2.O=C(O)C(F)(F)F. The van der Waals surface area contributed by atoms with Crippen molar-refractivity contribution in [2.75, 3.05) is 13.1 Å². The number of carbonyl (C=O) groups is 2. The fraction of sp³-hybridized carbons (Fsp3) is 0.391. The van der Waals surface area contributed by atoms with Crippen LogP contribution in [0.3, 0.4) is 0 Å². The van der Waals surface area contributed by atoms with Crippen LogP contribution < -0.4 is 5.32 Å². The van der Waals surface area contributed by atoms with Crippen molar-refractivity contribution in [1.82, 2.24) is 25.0 Å². The van der Waals surface area contributed by atoms with Crippen LogP contribution in [0.15, 0.2) is 47.2 Å². The highest BCUT2D eigenvalue weighted by Crippen LogP contribution is 2.33. The van der Waals surface area contributed by atoms with E-state index in [2.05, 4.69) is 37.2 Å². The van der Waals surface area contributed by atoms with Gasteiger partial charge in [-0.05, 0) is 39.8 Å². The summed E-state index contributed by atoms with van der Waals surface area (Å²) in [7, 11) is 0. The molecule has 8 nitrogen and oxygen atoms in total. The van der Waals surface area contributed by atoms with Crippen molar-refractivity contribution < 1.29 is 27.9 Å². The van der Waals surface area contributed by atoms with E-state index in [1.807, 2.05) is 34.9 Å². The summed E-state index contributed by atoms with van der Waals surface area (Å²) in [6, 6.07) is 12.1. The molecule has 3 aromatic rings. The second kappa shape index (κ2) is 10.6. The molecule has 1 aromatic carbocycles. The molecule has 0 radical (unpaired) electrons. The second-order valence-corrected chi connectivity index (χ2v) is 9.35. The van der Waals surface area contributed by atoms with E-state index >= 15 is 0 Å². The van der Waals surface area contributed by atoms with Crippen molar-refractivity contribution >= 4 is 23.2 Å². The lowest BCUT2D eigenvalue weighted by Crippen LogP contribution is -2.32. The van der Waals surface area contributed by atoms with E-state index in [1.54, 1.807) is 11.3 Å². The maximum Gasteiger partial charge on any atom is 0.490 e. The number of hydrogen-bond acceptors (Lipinski definition) is 6. The predicted octanol–water partition coefficient (Wildman–Crippen LogP) is 3.21. The van der Waals surface area contributed by atoms with Gasteiger partial charge in [0.15, 0.2) is 0 Å². The van der Waals surface area contributed by atoms with Crippen LogP contribution in [0.4, 0.5) is 13.2 Å². The third-order valence-electron chi connectivity index (χ3n) is 6.07. The van der Waals surface area contributed by atoms with Crippen LogP contribution in [0.1, 0.15) is 27.6 Å². The Labute approximate surface area is 203 Å². The van der Waals surface area contributed by atoms with Gasteiger partial charge >= 0.3 is 12.1 Å². The van der Waals surface area contributed by atoms with Gasteiger partial charge in [0.2, 0.25) is 5.82 Å². The second-order valence-electron chi connectivity index (χ2n) is 8.57. The van der Waals surface area contributed by atoms with Gasteiger partial charge in [-0.25, -0.2) is 4.79 Å². The fourth-order valence-electron chi connectivity index (χ4n) is 4.42. The van der Waals surface area contributed by atoms with E-state index in [1.165, 1.54) is 5.56 Å². The molecule has 0 aliphatic carbocycles. The first-order chi connectivity index (χ1) is 16.7. The number of carbonyl (C=O) groups excluding carboxylic acids is 1. The molecule has 4 heterocycles. The minimum atomic E-state index is -5.08. The first-order valence-corrected chi connectivity index (χ1v) is 11.9. The lowest BCUT2D eigenvalue weighted by atomic mass is 9.89. The maximum atomic E-state index is 12.7. The number of carboxylic acids is 1. The molecule has 2 atom stereocenters. The van der Waals surface area contributed by atoms with Gasteiger partial charge in [-0.2, -0.15) is 24.5 Å². The number of carboxylic acid groups (broad SMARTS) is 1. The molecule has 1 fully saturated rings. The summed E-state index contributed by atoms with van der Waals surface area (Å²) >= 11 is 1.75. The third kappa shape index (κ3) is 6.25. The molecular weight excluding hydrogens is 483 g/mol.